The summed E-state index contributed by atoms with van der Waals surface area (Å²) in [5.74, 6) is 0.757. The van der Waals surface area contributed by atoms with Gasteiger partial charge in [-0.15, -0.1) is 0 Å². The molecule has 0 radical (unpaired) electrons. The van der Waals surface area contributed by atoms with Crippen molar-refractivity contribution in [3.8, 4) is 17.0 Å². The molecule has 39 heavy (non-hydrogen) atoms. The van der Waals surface area contributed by atoms with Crippen molar-refractivity contribution in [2.45, 2.75) is 63.5 Å². The summed E-state index contributed by atoms with van der Waals surface area (Å²) in [6.45, 7) is 1.74. The number of hydrogen-bond donors (Lipinski definition) is 1. The number of hydrogen-bond acceptors (Lipinski definition) is 5. The maximum Gasteiger partial charge on any atom is 0.337 e. The number of methoxy groups -OCH3 is 2. The van der Waals surface area contributed by atoms with Gasteiger partial charge in [0.1, 0.15) is 5.75 Å². The van der Waals surface area contributed by atoms with E-state index in [0.717, 1.165) is 59.2 Å². The normalized spacial score (nSPS) is 18.1. The lowest BCUT2D eigenvalue weighted by Gasteiger charge is -2.24. The predicted octanol–water partition coefficient (Wildman–Crippen LogP) is 5.84. The molecule has 2 fully saturated rings. The van der Waals surface area contributed by atoms with E-state index >= 15 is 0 Å². The van der Waals surface area contributed by atoms with E-state index in [0.29, 0.717) is 36.8 Å². The Balaban J connectivity index is 1.55. The number of carbonyl (C=O) groups excluding carboxylic acids is 2. The van der Waals surface area contributed by atoms with Gasteiger partial charge in [-0.1, -0.05) is 25.3 Å². The van der Waals surface area contributed by atoms with Crippen LogP contribution >= 0.6 is 0 Å². The number of rotatable bonds is 5. The molecule has 7 heteroatoms. The third kappa shape index (κ3) is 4.84. The third-order valence-electron chi connectivity index (χ3n) is 8.56. The van der Waals surface area contributed by atoms with Gasteiger partial charge in [0.05, 0.1) is 32.0 Å². The van der Waals surface area contributed by atoms with E-state index in [1.54, 1.807) is 7.11 Å². The van der Waals surface area contributed by atoms with E-state index < -0.39 is 0 Å². The van der Waals surface area contributed by atoms with Crippen LogP contribution in [0.1, 0.15) is 72.3 Å². The smallest absolute Gasteiger partial charge is 0.337 e. The Bertz CT molecular complexity index is 1440. The Morgan fingerprint density at radius 1 is 0.974 bits per heavy atom. The second-order valence-corrected chi connectivity index (χ2v) is 10.9. The van der Waals surface area contributed by atoms with Gasteiger partial charge in [-0.2, -0.15) is 0 Å². The number of fused-ring (bicyclic) bond motifs is 5. The lowest BCUT2D eigenvalue weighted by molar-refractivity contribution is -0.118. The molecule has 2 aromatic carbocycles. The minimum atomic E-state index is -0.363. The van der Waals surface area contributed by atoms with Crippen LogP contribution in [-0.4, -0.2) is 49.9 Å². The number of carbonyl (C=O) groups is 2. The van der Waals surface area contributed by atoms with E-state index in [2.05, 4.69) is 22.0 Å². The molecular weight excluding hydrogens is 492 g/mol. The number of nitrogens with one attached hydrogen (secondary N) is 1. The van der Waals surface area contributed by atoms with Gasteiger partial charge in [0.25, 0.3) is 0 Å². The maximum absolute atomic E-state index is 13.7. The molecule has 3 aliphatic rings. The lowest BCUT2D eigenvalue weighted by atomic mass is 9.81. The summed E-state index contributed by atoms with van der Waals surface area (Å²) in [6.07, 6.45) is 9.61. The fourth-order valence-corrected chi connectivity index (χ4v) is 6.54. The summed E-state index contributed by atoms with van der Waals surface area (Å²) in [4.78, 5) is 26.3. The highest BCUT2D eigenvalue weighted by atomic mass is 16.5. The zero-order valence-corrected chi connectivity index (χ0v) is 22.8. The van der Waals surface area contributed by atoms with E-state index in [1.807, 2.05) is 30.3 Å². The topological polar surface area (TPSA) is 78.8 Å². The minimum Gasteiger partial charge on any atom is -0.497 e. The second kappa shape index (κ2) is 10.9. The Morgan fingerprint density at radius 3 is 2.51 bits per heavy atom. The van der Waals surface area contributed by atoms with Crippen LogP contribution < -0.4 is 10.1 Å². The molecule has 2 aliphatic heterocycles. The Hall–Kier alpha value is -3.58. The van der Waals surface area contributed by atoms with Crippen LogP contribution in [-0.2, 0) is 20.8 Å². The van der Waals surface area contributed by atoms with Crippen molar-refractivity contribution < 1.29 is 23.8 Å². The van der Waals surface area contributed by atoms with E-state index in [-0.39, 0.29) is 17.9 Å². The highest BCUT2D eigenvalue weighted by Crippen LogP contribution is 2.47. The molecule has 1 N–H and O–H groups in total. The van der Waals surface area contributed by atoms with Gasteiger partial charge in [-0.05, 0) is 79.1 Å². The molecule has 1 saturated heterocycles. The molecule has 204 valence electrons. The average Bonchev–Trinajstić information content (AvgIpc) is 3.19. The molecule has 3 heterocycles. The van der Waals surface area contributed by atoms with E-state index in [9.17, 15) is 9.59 Å². The molecule has 7 nitrogen and oxygen atoms in total. The van der Waals surface area contributed by atoms with Gasteiger partial charge >= 0.3 is 5.97 Å². The molecule has 0 spiro atoms. The van der Waals surface area contributed by atoms with Gasteiger partial charge in [0, 0.05) is 41.3 Å². The highest BCUT2D eigenvalue weighted by Gasteiger charge is 2.31. The van der Waals surface area contributed by atoms with Crippen molar-refractivity contribution in [2.75, 3.05) is 27.4 Å². The summed E-state index contributed by atoms with van der Waals surface area (Å²) in [7, 11) is 3.07. The molecule has 1 saturated carbocycles. The van der Waals surface area contributed by atoms with E-state index in [1.165, 1.54) is 31.9 Å². The lowest BCUT2D eigenvalue weighted by Crippen LogP contribution is -2.40. The van der Waals surface area contributed by atoms with Crippen LogP contribution in [0, 0.1) is 0 Å². The van der Waals surface area contributed by atoms with Gasteiger partial charge in [-0.25, -0.2) is 4.79 Å². The standard InChI is InChI=1S/C32H36N2O5/c1-37-25-9-11-26-22(17-25)16-23(31(35)33-24-12-14-39-15-13-24)19-34-28-18-21(32(36)38-2)8-10-27(28)29(30(26)34)20-6-4-3-5-7-20/h8-11,16-18,20,24H,3-7,12-15,19H2,1-2H3,(H,33,35). The van der Waals surface area contributed by atoms with E-state index in [4.69, 9.17) is 14.2 Å². The van der Waals surface area contributed by atoms with Crippen LogP contribution in [0.3, 0.4) is 0 Å². The van der Waals surface area contributed by atoms with Gasteiger partial charge in [0.2, 0.25) is 5.91 Å². The number of ether oxygens (including phenoxy) is 3. The zero-order valence-electron chi connectivity index (χ0n) is 22.8. The van der Waals surface area contributed by atoms with Crippen molar-refractivity contribution in [1.29, 1.82) is 0 Å². The first-order valence-corrected chi connectivity index (χ1v) is 14.1. The first-order valence-electron chi connectivity index (χ1n) is 14.1. The molecule has 1 aromatic heterocycles. The number of amides is 1. The fraction of sp³-hybridized carbons (Fsp3) is 0.438. The number of esters is 1. The largest absolute Gasteiger partial charge is 0.497 e. The van der Waals surface area contributed by atoms with Crippen LogP contribution in [0.15, 0.2) is 42.0 Å². The Labute approximate surface area is 229 Å². The SMILES string of the molecule is COC(=O)c1ccc2c(C3CCCCC3)c3n(c2c1)CC(C(=O)NC1CCOCC1)=Cc1cc(OC)ccc1-3. The monoisotopic (exact) mass is 528 g/mol. The first kappa shape index (κ1) is 25.7. The summed E-state index contributed by atoms with van der Waals surface area (Å²) in [5, 5.41) is 4.41. The van der Waals surface area contributed by atoms with Crippen molar-refractivity contribution in [1.82, 2.24) is 9.88 Å². The summed E-state index contributed by atoms with van der Waals surface area (Å²) in [6, 6.07) is 12.1. The summed E-state index contributed by atoms with van der Waals surface area (Å²) in [5.41, 5.74) is 6.68. The molecule has 1 aliphatic carbocycles. The molecule has 6 rings (SSSR count). The summed E-state index contributed by atoms with van der Waals surface area (Å²) >= 11 is 0. The van der Waals surface area contributed by atoms with Gasteiger partial charge in [-0.3, -0.25) is 4.79 Å². The molecule has 0 bridgehead atoms. The average molecular weight is 529 g/mol. The molecule has 3 aromatic rings. The van der Waals surface area contributed by atoms with Crippen LogP contribution in [0.2, 0.25) is 0 Å². The third-order valence-corrected chi connectivity index (χ3v) is 8.56. The molecule has 1 amide bonds. The van der Waals surface area contributed by atoms with Crippen molar-refractivity contribution >= 4 is 28.9 Å². The Morgan fingerprint density at radius 2 is 1.77 bits per heavy atom. The number of aromatic nitrogens is 1. The van der Waals surface area contributed by atoms with Crippen molar-refractivity contribution in [2.24, 2.45) is 0 Å². The first-order chi connectivity index (χ1) is 19.1. The Kier molecular flexibility index (Phi) is 7.17. The predicted molar refractivity (Wildman–Crippen MR) is 151 cm³/mol. The number of benzene rings is 2. The molecule has 0 atom stereocenters. The minimum absolute atomic E-state index is 0.0614. The highest BCUT2D eigenvalue weighted by molar-refractivity contribution is 6.03. The number of nitrogens with zero attached hydrogens (tertiary/aromatic N) is 1. The second-order valence-electron chi connectivity index (χ2n) is 10.9. The van der Waals surface area contributed by atoms with Gasteiger partial charge in [0.15, 0.2) is 0 Å². The van der Waals surface area contributed by atoms with Crippen molar-refractivity contribution in [3.63, 3.8) is 0 Å². The van der Waals surface area contributed by atoms with Crippen LogP contribution in [0.5, 0.6) is 5.75 Å². The van der Waals surface area contributed by atoms with Gasteiger partial charge < -0.3 is 24.1 Å². The zero-order chi connectivity index (χ0) is 26.9. The molecular formula is C32H36N2O5. The fourth-order valence-electron chi connectivity index (χ4n) is 6.54. The van der Waals surface area contributed by atoms with Crippen LogP contribution in [0.25, 0.3) is 28.2 Å². The van der Waals surface area contributed by atoms with Crippen LogP contribution in [0.4, 0.5) is 0 Å². The quantitative estimate of drug-likeness (QED) is 0.421. The molecule has 0 unspecified atom stereocenters. The van der Waals surface area contributed by atoms with Crippen molar-refractivity contribution in [3.05, 3.63) is 58.7 Å². The maximum atomic E-state index is 13.7. The summed E-state index contributed by atoms with van der Waals surface area (Å²) < 4.78 is 18.4.